The number of amides is 1. The van der Waals surface area contributed by atoms with E-state index in [1.807, 2.05) is 0 Å². The van der Waals surface area contributed by atoms with Gasteiger partial charge in [0, 0.05) is 17.9 Å². The van der Waals surface area contributed by atoms with Crippen molar-refractivity contribution >= 4 is 33.2 Å². The molecule has 1 aromatic heterocycles. The molecule has 0 unspecified atom stereocenters. The van der Waals surface area contributed by atoms with E-state index in [0.717, 1.165) is 24.3 Å². The number of hydrogen-bond acceptors (Lipinski definition) is 3. The van der Waals surface area contributed by atoms with Crippen molar-refractivity contribution in [1.29, 1.82) is 0 Å². The van der Waals surface area contributed by atoms with E-state index in [2.05, 4.69) is 10.0 Å². The zero-order valence-corrected chi connectivity index (χ0v) is 17.9. The van der Waals surface area contributed by atoms with Gasteiger partial charge in [0.2, 0.25) is 10.0 Å². The largest absolute Gasteiger partial charge is 0.336 e. The number of sulfonamides is 1. The third-order valence-electron chi connectivity index (χ3n) is 4.26. The summed E-state index contributed by atoms with van der Waals surface area (Å²) >= 11 is 5.62. The molecule has 0 spiro atoms. The van der Waals surface area contributed by atoms with Crippen LogP contribution in [0.15, 0.2) is 35.4 Å². The molecule has 13 heteroatoms. The van der Waals surface area contributed by atoms with Gasteiger partial charge in [-0.1, -0.05) is 18.5 Å². The van der Waals surface area contributed by atoms with Crippen LogP contribution in [-0.2, 0) is 16.6 Å². The van der Waals surface area contributed by atoms with Crippen molar-refractivity contribution in [2.75, 3.05) is 5.32 Å². The lowest BCUT2D eigenvalue weighted by Crippen LogP contribution is -2.33. The Hall–Kier alpha value is -2.18. The minimum absolute atomic E-state index is 0.0214. The van der Waals surface area contributed by atoms with Crippen LogP contribution in [0.25, 0.3) is 0 Å². The van der Waals surface area contributed by atoms with Crippen molar-refractivity contribution in [2.45, 2.75) is 50.1 Å². The number of halogens is 6. The van der Waals surface area contributed by atoms with Crippen LogP contribution in [0.5, 0.6) is 0 Å². The summed E-state index contributed by atoms with van der Waals surface area (Å²) in [4.78, 5) is 12.0. The van der Waals surface area contributed by atoms with E-state index < -0.39 is 57.3 Å². The van der Waals surface area contributed by atoms with Crippen LogP contribution in [0.4, 0.5) is 27.6 Å². The fraction of sp³-hybridized carbons (Fsp3) is 0.389. The first-order valence-corrected chi connectivity index (χ1v) is 10.8. The maximum atomic E-state index is 13.6. The quantitative estimate of drug-likeness (QED) is 0.511. The van der Waals surface area contributed by atoms with Gasteiger partial charge in [0.15, 0.2) is 0 Å². The molecule has 0 saturated carbocycles. The van der Waals surface area contributed by atoms with Gasteiger partial charge in [-0.05, 0) is 37.6 Å². The van der Waals surface area contributed by atoms with Crippen molar-refractivity contribution in [3.8, 4) is 0 Å². The summed E-state index contributed by atoms with van der Waals surface area (Å²) in [5.41, 5.74) is -0.641. The maximum Gasteiger partial charge on any atom is 0.324 e. The predicted octanol–water partition coefficient (Wildman–Crippen LogP) is 4.51. The molecule has 0 aliphatic carbocycles. The standard InChI is InChI=1S/C18H19ClF5N3O3S/c1-3-10(2)26-31(29,30)12-7-15(27(8-12)9-18(23,24)17(21)22)16(28)25-11-4-5-14(20)13(19)6-11/h4-8,10,17,26H,3,9H2,1-2H3,(H,25,28)/t10-/m1/s1. The van der Waals surface area contributed by atoms with Gasteiger partial charge in [0.05, 0.1) is 11.6 Å². The zero-order valence-electron chi connectivity index (χ0n) is 16.3. The summed E-state index contributed by atoms with van der Waals surface area (Å²) in [6, 6.07) is 3.38. The molecule has 1 atom stereocenters. The molecule has 0 radical (unpaired) electrons. The molecule has 1 heterocycles. The molecule has 2 N–H and O–H groups in total. The van der Waals surface area contributed by atoms with Crippen LogP contribution in [-0.4, -0.2) is 37.3 Å². The number of nitrogens with one attached hydrogen (secondary N) is 2. The molecule has 2 rings (SSSR count). The topological polar surface area (TPSA) is 80.2 Å². The number of anilines is 1. The van der Waals surface area contributed by atoms with Gasteiger partial charge in [0.1, 0.15) is 16.4 Å². The van der Waals surface area contributed by atoms with Gasteiger partial charge in [-0.3, -0.25) is 4.79 Å². The summed E-state index contributed by atoms with van der Waals surface area (Å²) < 4.78 is 93.6. The first-order chi connectivity index (χ1) is 14.3. The monoisotopic (exact) mass is 487 g/mol. The van der Waals surface area contributed by atoms with Gasteiger partial charge in [0.25, 0.3) is 5.91 Å². The summed E-state index contributed by atoms with van der Waals surface area (Å²) in [5, 5.41) is 1.91. The molecule has 0 saturated heterocycles. The number of benzene rings is 1. The second-order valence-electron chi connectivity index (χ2n) is 6.76. The predicted molar refractivity (Wildman–Crippen MR) is 105 cm³/mol. The van der Waals surface area contributed by atoms with Crippen molar-refractivity contribution in [2.24, 2.45) is 0 Å². The first-order valence-electron chi connectivity index (χ1n) is 8.91. The molecule has 0 fully saturated rings. The Kier molecular flexibility index (Phi) is 7.71. The number of alkyl halides is 4. The van der Waals surface area contributed by atoms with E-state index in [1.165, 1.54) is 0 Å². The number of nitrogens with zero attached hydrogens (tertiary/aromatic N) is 1. The highest BCUT2D eigenvalue weighted by Crippen LogP contribution is 2.28. The van der Waals surface area contributed by atoms with E-state index in [1.54, 1.807) is 13.8 Å². The molecule has 1 aromatic carbocycles. The smallest absolute Gasteiger partial charge is 0.324 e. The highest BCUT2D eigenvalue weighted by molar-refractivity contribution is 7.89. The normalized spacial score (nSPS) is 13.5. The highest BCUT2D eigenvalue weighted by atomic mass is 35.5. The average molecular weight is 488 g/mol. The van der Waals surface area contributed by atoms with Crippen LogP contribution in [0.2, 0.25) is 5.02 Å². The van der Waals surface area contributed by atoms with Crippen LogP contribution < -0.4 is 10.0 Å². The third-order valence-corrected chi connectivity index (χ3v) is 6.11. The molecular formula is C18H19ClF5N3O3S. The Labute approximate surface area is 180 Å². The third kappa shape index (κ3) is 6.17. The van der Waals surface area contributed by atoms with E-state index in [-0.39, 0.29) is 10.7 Å². The van der Waals surface area contributed by atoms with Crippen molar-refractivity contribution in [3.05, 3.63) is 47.0 Å². The molecule has 0 aliphatic rings. The average Bonchev–Trinajstić information content (AvgIpc) is 3.08. The lowest BCUT2D eigenvalue weighted by Gasteiger charge is -2.18. The number of carbonyl (C=O) groups is 1. The first kappa shape index (κ1) is 25.1. The number of rotatable bonds is 9. The van der Waals surface area contributed by atoms with Crippen LogP contribution in [0.3, 0.4) is 0 Å². The Morgan fingerprint density at radius 3 is 2.45 bits per heavy atom. The zero-order chi connectivity index (χ0) is 23.6. The van der Waals surface area contributed by atoms with Gasteiger partial charge < -0.3 is 9.88 Å². The van der Waals surface area contributed by atoms with Gasteiger partial charge in [-0.2, -0.15) is 8.78 Å². The second-order valence-corrected chi connectivity index (χ2v) is 8.89. The van der Waals surface area contributed by atoms with Crippen molar-refractivity contribution in [1.82, 2.24) is 9.29 Å². The maximum absolute atomic E-state index is 13.6. The van der Waals surface area contributed by atoms with E-state index in [0.29, 0.717) is 17.2 Å². The molecule has 0 aliphatic heterocycles. The Morgan fingerprint density at radius 1 is 1.26 bits per heavy atom. The SMILES string of the molecule is CC[C@@H](C)NS(=O)(=O)c1cc(C(=O)Nc2ccc(F)c(Cl)c2)n(CC(F)(F)C(F)F)c1. The minimum Gasteiger partial charge on any atom is -0.336 e. The van der Waals surface area contributed by atoms with Gasteiger partial charge in [-0.15, -0.1) is 0 Å². The summed E-state index contributed by atoms with van der Waals surface area (Å²) in [5.74, 6) is -6.39. The summed E-state index contributed by atoms with van der Waals surface area (Å²) in [6.45, 7) is 1.62. The number of carbonyl (C=O) groups excluding carboxylic acids is 1. The molecule has 2 aromatic rings. The molecule has 6 nitrogen and oxygen atoms in total. The van der Waals surface area contributed by atoms with Crippen molar-refractivity contribution in [3.63, 3.8) is 0 Å². The molecular weight excluding hydrogens is 469 g/mol. The van der Waals surface area contributed by atoms with Gasteiger partial charge >= 0.3 is 12.3 Å². The molecule has 172 valence electrons. The van der Waals surface area contributed by atoms with Crippen molar-refractivity contribution < 1.29 is 35.2 Å². The Morgan fingerprint density at radius 2 is 1.90 bits per heavy atom. The van der Waals surface area contributed by atoms with Crippen LogP contribution >= 0.6 is 11.6 Å². The van der Waals surface area contributed by atoms with Gasteiger partial charge in [-0.25, -0.2) is 26.3 Å². The van der Waals surface area contributed by atoms with E-state index >= 15 is 0 Å². The lowest BCUT2D eigenvalue weighted by molar-refractivity contribution is -0.137. The van der Waals surface area contributed by atoms with Crippen LogP contribution in [0.1, 0.15) is 30.8 Å². The molecule has 0 bridgehead atoms. The van der Waals surface area contributed by atoms with Crippen LogP contribution in [0, 0.1) is 5.82 Å². The molecule has 1 amide bonds. The summed E-state index contributed by atoms with van der Waals surface area (Å²) in [7, 11) is -4.22. The highest BCUT2D eigenvalue weighted by Gasteiger charge is 2.42. The van der Waals surface area contributed by atoms with E-state index in [4.69, 9.17) is 11.6 Å². The lowest BCUT2D eigenvalue weighted by atomic mass is 10.3. The number of hydrogen-bond donors (Lipinski definition) is 2. The van der Waals surface area contributed by atoms with E-state index in [9.17, 15) is 35.2 Å². The minimum atomic E-state index is -4.53. The summed E-state index contributed by atoms with van der Waals surface area (Å²) in [6.07, 6.45) is -2.95. The molecule has 31 heavy (non-hydrogen) atoms. The fourth-order valence-electron chi connectivity index (χ4n) is 2.43. The fourth-order valence-corrected chi connectivity index (χ4v) is 3.98. The number of aromatic nitrogens is 1. The Bertz CT molecular complexity index is 1060. The Balaban J connectivity index is 2.46. The second kappa shape index (κ2) is 9.53.